The summed E-state index contributed by atoms with van der Waals surface area (Å²) < 4.78 is 0. The Morgan fingerprint density at radius 1 is 1.44 bits per heavy atom. The second-order valence-corrected chi connectivity index (χ2v) is 4.53. The smallest absolute Gasteiger partial charge is 0.0940 e. The van der Waals surface area contributed by atoms with Crippen molar-refractivity contribution in [1.29, 1.82) is 0 Å². The summed E-state index contributed by atoms with van der Waals surface area (Å²) in [6.45, 7) is 5.08. The number of aliphatic hydroxyl groups excluding tert-OH is 1. The highest BCUT2D eigenvalue weighted by Crippen LogP contribution is 2.20. The maximum atomic E-state index is 10.1. The van der Waals surface area contributed by atoms with Crippen LogP contribution >= 0.6 is 11.6 Å². The van der Waals surface area contributed by atoms with Crippen molar-refractivity contribution >= 4 is 11.6 Å². The van der Waals surface area contributed by atoms with E-state index in [-0.39, 0.29) is 6.04 Å². The van der Waals surface area contributed by atoms with Gasteiger partial charge < -0.3 is 10.4 Å². The van der Waals surface area contributed by atoms with Crippen LogP contribution in [0.4, 0.5) is 0 Å². The molecule has 0 aliphatic carbocycles. The maximum absolute atomic E-state index is 10.1. The van der Waals surface area contributed by atoms with Gasteiger partial charge in [0.05, 0.1) is 6.10 Å². The van der Waals surface area contributed by atoms with E-state index < -0.39 is 6.10 Å². The van der Waals surface area contributed by atoms with Gasteiger partial charge in [0.15, 0.2) is 0 Å². The van der Waals surface area contributed by atoms with E-state index in [2.05, 4.69) is 12.2 Å². The number of aliphatic hydroxyl groups is 1. The van der Waals surface area contributed by atoms with Crippen molar-refractivity contribution < 1.29 is 5.11 Å². The minimum atomic E-state index is -0.504. The minimum Gasteiger partial charge on any atom is -0.387 e. The van der Waals surface area contributed by atoms with E-state index in [0.717, 1.165) is 24.9 Å². The van der Waals surface area contributed by atoms with Gasteiger partial charge in [0, 0.05) is 11.1 Å². The fourth-order valence-corrected chi connectivity index (χ4v) is 1.80. The maximum Gasteiger partial charge on any atom is 0.0940 e. The van der Waals surface area contributed by atoms with Crippen molar-refractivity contribution in [2.24, 2.45) is 0 Å². The molecule has 0 aliphatic rings. The molecule has 2 atom stereocenters. The van der Waals surface area contributed by atoms with Gasteiger partial charge in [-0.05, 0) is 37.6 Å². The van der Waals surface area contributed by atoms with Crippen LogP contribution in [0.25, 0.3) is 0 Å². The van der Waals surface area contributed by atoms with Crippen molar-refractivity contribution in [1.82, 2.24) is 5.32 Å². The first-order chi connectivity index (χ1) is 7.65. The number of rotatable bonds is 6. The van der Waals surface area contributed by atoms with Crippen LogP contribution in [0.2, 0.25) is 5.02 Å². The van der Waals surface area contributed by atoms with Gasteiger partial charge in [-0.15, -0.1) is 0 Å². The Bertz CT molecular complexity index is 317. The van der Waals surface area contributed by atoms with E-state index in [4.69, 9.17) is 11.6 Å². The molecule has 0 unspecified atom stereocenters. The lowest BCUT2D eigenvalue weighted by molar-refractivity contribution is 0.136. The third-order valence-corrected chi connectivity index (χ3v) is 2.90. The normalized spacial score (nSPS) is 14.8. The fourth-order valence-electron chi connectivity index (χ4n) is 1.60. The Morgan fingerprint density at radius 3 is 2.81 bits per heavy atom. The lowest BCUT2D eigenvalue weighted by atomic mass is 10.0. The molecule has 0 heterocycles. The SMILES string of the molecule is CCCCN[C@H](C)[C@@H](O)c1cccc(Cl)c1. The van der Waals surface area contributed by atoms with Gasteiger partial charge in [0.2, 0.25) is 0 Å². The third kappa shape index (κ3) is 4.12. The Kier molecular flexibility index (Phi) is 5.81. The zero-order valence-corrected chi connectivity index (χ0v) is 10.7. The summed E-state index contributed by atoms with van der Waals surface area (Å²) in [4.78, 5) is 0. The topological polar surface area (TPSA) is 32.3 Å². The van der Waals surface area contributed by atoms with Crippen LogP contribution in [-0.2, 0) is 0 Å². The Hall–Kier alpha value is -0.570. The lowest BCUT2D eigenvalue weighted by Gasteiger charge is -2.20. The fraction of sp³-hybridized carbons (Fsp3) is 0.538. The molecule has 0 saturated carbocycles. The largest absolute Gasteiger partial charge is 0.387 e. The molecule has 0 amide bonds. The zero-order valence-electron chi connectivity index (χ0n) is 9.91. The van der Waals surface area contributed by atoms with Gasteiger partial charge in [-0.2, -0.15) is 0 Å². The van der Waals surface area contributed by atoms with Crippen LogP contribution in [0.5, 0.6) is 0 Å². The van der Waals surface area contributed by atoms with Crippen molar-refractivity contribution in [2.75, 3.05) is 6.54 Å². The van der Waals surface area contributed by atoms with Crippen LogP contribution in [0, 0.1) is 0 Å². The molecule has 0 aliphatic heterocycles. The van der Waals surface area contributed by atoms with E-state index >= 15 is 0 Å². The molecule has 1 rings (SSSR count). The molecule has 0 fully saturated rings. The standard InChI is InChI=1S/C13H20ClNO/c1-3-4-8-15-10(2)13(16)11-6-5-7-12(14)9-11/h5-7,9-10,13,15-16H,3-4,8H2,1-2H3/t10-,13-/m1/s1. The molecule has 2 nitrogen and oxygen atoms in total. The second-order valence-electron chi connectivity index (χ2n) is 4.10. The molecule has 0 aromatic heterocycles. The highest BCUT2D eigenvalue weighted by molar-refractivity contribution is 6.30. The van der Waals surface area contributed by atoms with Gasteiger partial charge in [-0.25, -0.2) is 0 Å². The van der Waals surface area contributed by atoms with Crippen molar-refractivity contribution in [3.8, 4) is 0 Å². The Morgan fingerprint density at radius 2 is 2.19 bits per heavy atom. The predicted molar refractivity (Wildman–Crippen MR) is 68.8 cm³/mol. The summed E-state index contributed by atoms with van der Waals surface area (Å²) in [5, 5.41) is 14.1. The number of unbranched alkanes of at least 4 members (excludes halogenated alkanes) is 1. The molecule has 16 heavy (non-hydrogen) atoms. The van der Waals surface area contributed by atoms with Crippen molar-refractivity contribution in [3.63, 3.8) is 0 Å². The van der Waals surface area contributed by atoms with E-state index in [1.807, 2.05) is 31.2 Å². The minimum absolute atomic E-state index is 0.0463. The highest BCUT2D eigenvalue weighted by atomic mass is 35.5. The number of nitrogens with one attached hydrogen (secondary N) is 1. The molecule has 0 bridgehead atoms. The van der Waals surface area contributed by atoms with Crippen LogP contribution in [0.15, 0.2) is 24.3 Å². The molecule has 0 saturated heterocycles. The number of hydrogen-bond donors (Lipinski definition) is 2. The zero-order chi connectivity index (χ0) is 12.0. The van der Waals surface area contributed by atoms with Gasteiger partial charge in [-0.1, -0.05) is 37.1 Å². The van der Waals surface area contributed by atoms with E-state index in [9.17, 15) is 5.11 Å². The first-order valence-corrected chi connectivity index (χ1v) is 6.20. The predicted octanol–water partition coefficient (Wildman–Crippen LogP) is 3.15. The number of hydrogen-bond acceptors (Lipinski definition) is 2. The second kappa shape index (κ2) is 6.89. The first kappa shape index (κ1) is 13.5. The van der Waals surface area contributed by atoms with Crippen LogP contribution < -0.4 is 5.32 Å². The van der Waals surface area contributed by atoms with Crippen molar-refractivity contribution in [3.05, 3.63) is 34.9 Å². The average molecular weight is 242 g/mol. The van der Waals surface area contributed by atoms with E-state index in [1.165, 1.54) is 0 Å². The Labute approximate surface area is 103 Å². The van der Waals surface area contributed by atoms with Crippen LogP contribution in [0.3, 0.4) is 0 Å². The quantitative estimate of drug-likeness (QED) is 0.750. The monoisotopic (exact) mass is 241 g/mol. The molecule has 1 aromatic carbocycles. The lowest BCUT2D eigenvalue weighted by Crippen LogP contribution is -2.32. The molecule has 3 heteroatoms. The Balaban J connectivity index is 2.52. The van der Waals surface area contributed by atoms with Gasteiger partial charge >= 0.3 is 0 Å². The molecule has 2 N–H and O–H groups in total. The molecule has 90 valence electrons. The molecule has 1 aromatic rings. The highest BCUT2D eigenvalue weighted by Gasteiger charge is 2.15. The first-order valence-electron chi connectivity index (χ1n) is 5.82. The summed E-state index contributed by atoms with van der Waals surface area (Å²) in [7, 11) is 0. The van der Waals surface area contributed by atoms with Crippen LogP contribution in [0.1, 0.15) is 38.4 Å². The summed E-state index contributed by atoms with van der Waals surface area (Å²) in [6, 6.07) is 7.43. The van der Waals surface area contributed by atoms with Crippen LogP contribution in [-0.4, -0.2) is 17.7 Å². The molecule has 0 radical (unpaired) electrons. The third-order valence-electron chi connectivity index (χ3n) is 2.66. The van der Waals surface area contributed by atoms with Gasteiger partial charge in [0.25, 0.3) is 0 Å². The summed E-state index contributed by atoms with van der Waals surface area (Å²) in [6.07, 6.45) is 1.79. The molecular weight excluding hydrogens is 222 g/mol. The summed E-state index contributed by atoms with van der Waals surface area (Å²) in [5.74, 6) is 0. The number of benzene rings is 1. The molecule has 0 spiro atoms. The van der Waals surface area contributed by atoms with Gasteiger partial charge in [-0.3, -0.25) is 0 Å². The average Bonchev–Trinajstić information content (AvgIpc) is 2.28. The summed E-state index contributed by atoms with van der Waals surface area (Å²) >= 11 is 5.89. The van der Waals surface area contributed by atoms with E-state index in [1.54, 1.807) is 0 Å². The van der Waals surface area contributed by atoms with E-state index in [0.29, 0.717) is 5.02 Å². The van der Waals surface area contributed by atoms with Crippen molar-refractivity contribution in [2.45, 2.75) is 38.8 Å². The number of halogens is 1. The van der Waals surface area contributed by atoms with Gasteiger partial charge in [0.1, 0.15) is 0 Å². The molecular formula is C13H20ClNO. The summed E-state index contributed by atoms with van der Waals surface area (Å²) in [5.41, 5.74) is 0.865.